The van der Waals surface area contributed by atoms with Crippen LogP contribution in [0.2, 0.25) is 0 Å². The summed E-state index contributed by atoms with van der Waals surface area (Å²) in [6.07, 6.45) is 0.929. The summed E-state index contributed by atoms with van der Waals surface area (Å²) in [7, 11) is 1.67. The normalized spacial score (nSPS) is 10.1. The highest BCUT2D eigenvalue weighted by molar-refractivity contribution is 7.99. The van der Waals surface area contributed by atoms with E-state index in [2.05, 4.69) is 17.4 Å². The van der Waals surface area contributed by atoms with Crippen LogP contribution in [0.25, 0.3) is 0 Å². The predicted molar refractivity (Wildman–Crippen MR) is 74.9 cm³/mol. The summed E-state index contributed by atoms with van der Waals surface area (Å²) in [6, 6.07) is 10.1. The van der Waals surface area contributed by atoms with Gasteiger partial charge in [0.1, 0.15) is 0 Å². The zero-order valence-corrected chi connectivity index (χ0v) is 11.4. The highest BCUT2D eigenvalue weighted by Crippen LogP contribution is 2.17. The van der Waals surface area contributed by atoms with Crippen LogP contribution in [0.4, 0.5) is 4.79 Å². The number of amides is 2. The van der Waals surface area contributed by atoms with Gasteiger partial charge in [0.05, 0.1) is 6.61 Å². The average molecular weight is 268 g/mol. The second-order valence-electron chi connectivity index (χ2n) is 3.89. The maximum atomic E-state index is 11.5. The Hall–Kier alpha value is -1.20. The second kappa shape index (κ2) is 8.83. The maximum Gasteiger partial charge on any atom is 0.317 e. The van der Waals surface area contributed by atoms with Crippen LogP contribution in [0.5, 0.6) is 0 Å². The monoisotopic (exact) mass is 268 g/mol. The van der Waals surface area contributed by atoms with E-state index >= 15 is 0 Å². The molecule has 0 aliphatic carbocycles. The smallest absolute Gasteiger partial charge is 0.317 e. The van der Waals surface area contributed by atoms with E-state index in [0.717, 1.165) is 12.2 Å². The fraction of sp³-hybridized carbons (Fsp3) is 0.462. The van der Waals surface area contributed by atoms with Gasteiger partial charge in [-0.25, -0.2) is 4.79 Å². The number of urea groups is 1. The van der Waals surface area contributed by atoms with Crippen molar-refractivity contribution in [2.24, 2.45) is 0 Å². The lowest BCUT2D eigenvalue weighted by Gasteiger charge is -2.16. The summed E-state index contributed by atoms with van der Waals surface area (Å²) < 4.78 is 0. The van der Waals surface area contributed by atoms with Crippen molar-refractivity contribution in [1.29, 1.82) is 0 Å². The van der Waals surface area contributed by atoms with Crippen molar-refractivity contribution in [3.8, 4) is 0 Å². The largest absolute Gasteiger partial charge is 0.395 e. The van der Waals surface area contributed by atoms with Gasteiger partial charge < -0.3 is 15.3 Å². The molecular weight excluding hydrogens is 248 g/mol. The molecule has 0 saturated carbocycles. The number of aliphatic hydroxyl groups excluding tert-OH is 1. The van der Waals surface area contributed by atoms with Crippen LogP contribution in [-0.2, 0) is 0 Å². The van der Waals surface area contributed by atoms with Gasteiger partial charge >= 0.3 is 6.03 Å². The van der Waals surface area contributed by atoms with E-state index in [1.54, 1.807) is 18.8 Å². The van der Waals surface area contributed by atoms with Gasteiger partial charge in [-0.15, -0.1) is 11.8 Å². The summed E-state index contributed by atoms with van der Waals surface area (Å²) in [6.45, 7) is 1.02. The number of carbonyl (C=O) groups excluding carboxylic acids is 1. The highest BCUT2D eigenvalue weighted by Gasteiger charge is 2.05. The molecule has 5 heteroatoms. The summed E-state index contributed by atoms with van der Waals surface area (Å²) >= 11 is 1.79. The number of hydrogen-bond donors (Lipinski definition) is 2. The van der Waals surface area contributed by atoms with Crippen molar-refractivity contribution in [3.05, 3.63) is 30.3 Å². The molecule has 1 aromatic carbocycles. The first-order chi connectivity index (χ1) is 8.74. The van der Waals surface area contributed by atoms with Crippen LogP contribution in [0, 0.1) is 0 Å². The first kappa shape index (κ1) is 14.9. The minimum Gasteiger partial charge on any atom is -0.395 e. The third kappa shape index (κ3) is 5.93. The van der Waals surface area contributed by atoms with E-state index < -0.39 is 0 Å². The Morgan fingerprint density at radius 2 is 2.11 bits per heavy atom. The number of nitrogens with one attached hydrogen (secondary N) is 1. The van der Waals surface area contributed by atoms with Gasteiger partial charge in [-0.3, -0.25) is 0 Å². The molecule has 1 rings (SSSR count). The van der Waals surface area contributed by atoms with Gasteiger partial charge in [0.2, 0.25) is 0 Å². The van der Waals surface area contributed by atoms with Gasteiger partial charge in [0.15, 0.2) is 0 Å². The third-order valence-corrected chi connectivity index (χ3v) is 3.49. The molecule has 18 heavy (non-hydrogen) atoms. The van der Waals surface area contributed by atoms with E-state index in [0.29, 0.717) is 13.1 Å². The fourth-order valence-electron chi connectivity index (χ4n) is 1.36. The molecule has 100 valence electrons. The van der Waals surface area contributed by atoms with Crippen LogP contribution >= 0.6 is 11.8 Å². The summed E-state index contributed by atoms with van der Waals surface area (Å²) in [5.74, 6) is 0.980. The Labute approximate surface area is 112 Å². The van der Waals surface area contributed by atoms with E-state index in [1.165, 1.54) is 9.80 Å². The minimum atomic E-state index is -0.131. The number of likely N-dealkylation sites (N-methyl/N-ethyl adjacent to an activating group) is 1. The number of hydrogen-bond acceptors (Lipinski definition) is 3. The number of aliphatic hydroxyl groups is 1. The molecule has 0 saturated heterocycles. The van der Waals surface area contributed by atoms with Crippen molar-refractivity contribution in [2.75, 3.05) is 32.5 Å². The molecule has 0 aliphatic heterocycles. The number of carbonyl (C=O) groups is 1. The van der Waals surface area contributed by atoms with Crippen LogP contribution in [-0.4, -0.2) is 48.5 Å². The summed E-state index contributed by atoms with van der Waals surface area (Å²) in [5.41, 5.74) is 0. The SMILES string of the molecule is CN(CCO)C(=O)NCCCSc1ccccc1. The van der Waals surface area contributed by atoms with Crippen molar-refractivity contribution >= 4 is 17.8 Å². The lowest BCUT2D eigenvalue weighted by atomic mass is 10.4. The van der Waals surface area contributed by atoms with Gasteiger partial charge in [0.25, 0.3) is 0 Å². The standard InChI is InChI=1S/C13H20N2O2S/c1-15(9-10-16)13(17)14-8-5-11-18-12-6-3-2-4-7-12/h2-4,6-7,16H,5,8-11H2,1H3,(H,14,17). The van der Waals surface area contributed by atoms with E-state index in [9.17, 15) is 4.79 Å². The van der Waals surface area contributed by atoms with Gasteiger partial charge in [-0.2, -0.15) is 0 Å². The Morgan fingerprint density at radius 1 is 1.39 bits per heavy atom. The molecule has 0 radical (unpaired) electrons. The van der Waals surface area contributed by atoms with Gasteiger partial charge in [0, 0.05) is 25.0 Å². The van der Waals surface area contributed by atoms with Crippen LogP contribution in [0.3, 0.4) is 0 Å². The minimum absolute atomic E-state index is 0.00617. The lowest BCUT2D eigenvalue weighted by molar-refractivity contribution is 0.190. The van der Waals surface area contributed by atoms with Crippen LogP contribution in [0.1, 0.15) is 6.42 Å². The van der Waals surface area contributed by atoms with Gasteiger partial charge in [-0.1, -0.05) is 18.2 Å². The molecule has 0 unspecified atom stereocenters. The quantitative estimate of drug-likeness (QED) is 0.586. The Balaban J connectivity index is 2.07. The van der Waals surface area contributed by atoms with Crippen molar-refractivity contribution in [3.63, 3.8) is 0 Å². The molecule has 0 atom stereocenters. The zero-order chi connectivity index (χ0) is 13.2. The first-order valence-electron chi connectivity index (χ1n) is 6.01. The molecular formula is C13H20N2O2S. The Morgan fingerprint density at radius 3 is 2.78 bits per heavy atom. The molecule has 0 spiro atoms. The summed E-state index contributed by atoms with van der Waals surface area (Å²) in [5, 5.41) is 11.5. The van der Waals surface area contributed by atoms with Crippen molar-refractivity contribution in [2.45, 2.75) is 11.3 Å². The Kier molecular flexibility index (Phi) is 7.29. The molecule has 0 fully saturated rings. The lowest BCUT2D eigenvalue weighted by Crippen LogP contribution is -2.39. The van der Waals surface area contributed by atoms with Crippen LogP contribution < -0.4 is 5.32 Å². The molecule has 2 N–H and O–H groups in total. The van der Waals surface area contributed by atoms with Crippen molar-refractivity contribution < 1.29 is 9.90 Å². The van der Waals surface area contributed by atoms with E-state index in [-0.39, 0.29) is 12.6 Å². The average Bonchev–Trinajstić information content (AvgIpc) is 2.39. The molecule has 0 aliphatic rings. The zero-order valence-electron chi connectivity index (χ0n) is 10.6. The van der Waals surface area contributed by atoms with Crippen LogP contribution in [0.15, 0.2) is 35.2 Å². The van der Waals surface area contributed by atoms with Crippen molar-refractivity contribution in [1.82, 2.24) is 10.2 Å². The Bertz CT molecular complexity index is 346. The maximum absolute atomic E-state index is 11.5. The summed E-state index contributed by atoms with van der Waals surface area (Å²) in [4.78, 5) is 14.2. The van der Waals surface area contributed by atoms with Gasteiger partial charge in [-0.05, 0) is 24.3 Å². The first-order valence-corrected chi connectivity index (χ1v) is 7.00. The molecule has 1 aromatic rings. The predicted octanol–water partition coefficient (Wildman–Crippen LogP) is 1.80. The number of benzene rings is 1. The number of thioether (sulfide) groups is 1. The number of rotatable bonds is 7. The van der Waals surface area contributed by atoms with E-state index in [4.69, 9.17) is 5.11 Å². The molecule has 4 nitrogen and oxygen atoms in total. The molecule has 0 aromatic heterocycles. The highest BCUT2D eigenvalue weighted by atomic mass is 32.2. The molecule has 2 amide bonds. The second-order valence-corrected chi connectivity index (χ2v) is 5.06. The molecule has 0 heterocycles. The molecule has 0 bridgehead atoms. The fourth-order valence-corrected chi connectivity index (χ4v) is 2.23. The number of nitrogens with zero attached hydrogens (tertiary/aromatic N) is 1. The van der Waals surface area contributed by atoms with E-state index in [1.807, 2.05) is 18.2 Å². The third-order valence-electron chi connectivity index (χ3n) is 2.39. The topological polar surface area (TPSA) is 52.6 Å².